The number of hydrogen-bond acceptors (Lipinski definition) is 3. The van der Waals surface area contributed by atoms with Crippen molar-refractivity contribution in [3.63, 3.8) is 0 Å². The number of aromatic nitrogens is 4. The number of benzene rings is 8. The second-order valence-electron chi connectivity index (χ2n) is 15.5. The first-order valence-corrected chi connectivity index (χ1v) is 20.4. The van der Waals surface area contributed by atoms with Crippen LogP contribution in [0.15, 0.2) is 201 Å². The van der Waals surface area contributed by atoms with Gasteiger partial charge in [0.25, 0.3) is 6.33 Å². The zero-order valence-electron chi connectivity index (χ0n) is 39.2. The Labute approximate surface area is 367 Å². The van der Waals surface area contributed by atoms with Crippen molar-refractivity contribution in [2.45, 2.75) is 13.7 Å². The third kappa shape index (κ3) is 5.87. The zero-order valence-corrected chi connectivity index (χ0v) is 33.2. The number of ether oxygens (including phenoxy) is 2. The summed E-state index contributed by atoms with van der Waals surface area (Å²) in [7, 11) is 0. The molecule has 0 amide bonds. The molecule has 6 heterocycles. The molecular weight excluding hydrogens is 761 g/mol. The van der Waals surface area contributed by atoms with Crippen molar-refractivity contribution in [2.24, 2.45) is 0 Å². The Morgan fingerprint density at radius 3 is 2.15 bits per heavy atom. The molecule has 62 heavy (non-hydrogen) atoms. The highest BCUT2D eigenvalue weighted by Crippen LogP contribution is 2.40. The lowest BCUT2D eigenvalue weighted by Crippen LogP contribution is -2.30. The minimum Gasteiger partial charge on any atom is -0.457 e. The molecule has 0 radical (unpaired) electrons. The molecule has 0 N–H and O–H groups in total. The molecule has 6 heteroatoms. The van der Waals surface area contributed by atoms with Crippen LogP contribution in [0.3, 0.4) is 0 Å². The van der Waals surface area contributed by atoms with Crippen LogP contribution >= 0.6 is 0 Å². The van der Waals surface area contributed by atoms with Crippen molar-refractivity contribution in [3.8, 4) is 73.6 Å². The van der Waals surface area contributed by atoms with E-state index in [9.17, 15) is 0 Å². The molecule has 8 aromatic carbocycles. The minimum atomic E-state index is -2.56. The maximum Gasteiger partial charge on any atom is 0.255 e. The van der Waals surface area contributed by atoms with Crippen molar-refractivity contribution in [1.82, 2.24) is 14.1 Å². The molecule has 10 bridgehead atoms. The third-order valence-corrected chi connectivity index (χ3v) is 11.8. The Kier molecular flexibility index (Phi) is 6.86. The fourth-order valence-corrected chi connectivity index (χ4v) is 8.91. The van der Waals surface area contributed by atoms with Gasteiger partial charge in [0.2, 0.25) is 0 Å². The Morgan fingerprint density at radius 2 is 1.27 bits per heavy atom. The van der Waals surface area contributed by atoms with Crippen LogP contribution in [-0.2, 0) is 0 Å². The van der Waals surface area contributed by atoms with E-state index in [1.54, 1.807) is 30.5 Å². The standard InChI is InChI=1S/C56H39N4O2/c1-36-22-29-50-48(30-36)46-28-27-43-33-53(46)60(50)55-31-37(2)49(34-57-55)47-16-6-9-21-54(47)62-41-25-23-39(24-26-41)45-18-11-17-44(38-12-4-3-5-13-38)56(45)59-35-58(51-19-7-8-20-52(51)59)40-14-10-15-42(32-40)61-43/h3-35H,1-2H3/q+1/i1D3,2D3. The predicted octanol–water partition coefficient (Wildman–Crippen LogP) is 13.9. The van der Waals surface area contributed by atoms with E-state index in [1.807, 2.05) is 102 Å². The maximum atomic E-state index is 8.83. The summed E-state index contributed by atoms with van der Waals surface area (Å²) in [6.45, 7) is -4.91. The summed E-state index contributed by atoms with van der Waals surface area (Å²) in [4.78, 5) is 4.95. The van der Waals surface area contributed by atoms with E-state index in [1.165, 1.54) is 0 Å². The minimum absolute atomic E-state index is 0.0740. The lowest BCUT2D eigenvalue weighted by molar-refractivity contribution is -0.566. The highest BCUT2D eigenvalue weighted by molar-refractivity contribution is 6.09. The van der Waals surface area contributed by atoms with E-state index in [0.29, 0.717) is 56.4 Å². The molecule has 0 saturated carbocycles. The smallest absolute Gasteiger partial charge is 0.255 e. The van der Waals surface area contributed by atoms with E-state index in [0.717, 1.165) is 50.0 Å². The normalized spacial score (nSPS) is 13.8. The maximum absolute atomic E-state index is 8.83. The second kappa shape index (κ2) is 14.2. The van der Waals surface area contributed by atoms with Gasteiger partial charge in [-0.25, -0.2) is 4.98 Å². The van der Waals surface area contributed by atoms with Crippen molar-refractivity contribution >= 4 is 32.8 Å². The molecule has 3 aliphatic heterocycles. The van der Waals surface area contributed by atoms with Crippen LogP contribution in [0.2, 0.25) is 0 Å². The first-order valence-electron chi connectivity index (χ1n) is 23.4. The van der Waals surface area contributed by atoms with Crippen LogP contribution in [0.1, 0.15) is 19.4 Å². The molecule has 0 fully saturated rings. The average molecular weight is 806 g/mol. The third-order valence-electron chi connectivity index (χ3n) is 11.8. The van der Waals surface area contributed by atoms with Gasteiger partial charge in [0.05, 0.1) is 11.0 Å². The zero-order chi connectivity index (χ0) is 46.3. The SMILES string of the molecule is [2H]C([2H])([2H])c1ccc2c(c1)c1ccc3cc1n2-c1cc(C([2H])([2H])[2H])c(cn1)-c1ccccc1Oc1ccc(cc1)-c1cccc(-c2ccccc2)c1-[n+]1cn(c2ccccc21)-c1cccc(c1)O3. The number of pyridine rings is 1. The van der Waals surface area contributed by atoms with Crippen LogP contribution in [-0.4, -0.2) is 14.1 Å². The Bertz CT molecular complexity index is 3780. The molecule has 0 spiro atoms. The van der Waals surface area contributed by atoms with Crippen molar-refractivity contribution < 1.29 is 22.3 Å². The van der Waals surface area contributed by atoms with Gasteiger partial charge in [-0.1, -0.05) is 109 Å². The molecular formula is C56H39N4O2+. The van der Waals surface area contributed by atoms with Gasteiger partial charge in [0.1, 0.15) is 40.2 Å². The van der Waals surface area contributed by atoms with Crippen LogP contribution in [0.4, 0.5) is 0 Å². The van der Waals surface area contributed by atoms with Gasteiger partial charge in [-0.3, -0.25) is 4.57 Å². The van der Waals surface area contributed by atoms with Gasteiger partial charge in [0.15, 0.2) is 11.0 Å². The summed E-state index contributed by atoms with van der Waals surface area (Å²) in [6, 6.07) is 60.6. The van der Waals surface area contributed by atoms with Crippen molar-refractivity contribution in [3.05, 3.63) is 212 Å². The summed E-state index contributed by atoms with van der Waals surface area (Å²) in [5.74, 6) is 2.48. The highest BCUT2D eigenvalue weighted by Gasteiger charge is 2.25. The van der Waals surface area contributed by atoms with E-state index >= 15 is 0 Å². The van der Waals surface area contributed by atoms with Crippen LogP contribution in [0.25, 0.3) is 83.4 Å². The number of para-hydroxylation sites is 4. The average Bonchev–Trinajstić information content (AvgIpc) is 3.89. The summed E-state index contributed by atoms with van der Waals surface area (Å²) in [6.07, 6.45) is 3.71. The quantitative estimate of drug-likeness (QED) is 0.155. The Hall–Kier alpha value is -8.22. The van der Waals surface area contributed by atoms with E-state index in [2.05, 4.69) is 82.2 Å². The molecule has 14 rings (SSSR count). The van der Waals surface area contributed by atoms with Gasteiger partial charge in [0, 0.05) is 59.6 Å². The van der Waals surface area contributed by atoms with Gasteiger partial charge in [-0.15, -0.1) is 0 Å². The van der Waals surface area contributed by atoms with E-state index in [4.69, 9.17) is 22.7 Å². The van der Waals surface area contributed by atoms with Crippen molar-refractivity contribution in [1.29, 1.82) is 0 Å². The van der Waals surface area contributed by atoms with Gasteiger partial charge >= 0.3 is 0 Å². The molecule has 6 nitrogen and oxygen atoms in total. The summed E-state index contributed by atoms with van der Waals surface area (Å²) >= 11 is 0. The molecule has 3 aromatic heterocycles. The number of imidazole rings is 1. The number of hydrogen-bond donors (Lipinski definition) is 0. The molecule has 0 unspecified atom stereocenters. The van der Waals surface area contributed by atoms with E-state index < -0.39 is 13.7 Å². The molecule has 0 atom stereocenters. The molecule has 0 saturated heterocycles. The van der Waals surface area contributed by atoms with Gasteiger partial charge in [-0.05, 0) is 103 Å². The first-order chi connectivity index (χ1) is 33.0. The summed E-state index contributed by atoms with van der Waals surface area (Å²) in [5.41, 5.74) is 10.5. The lowest BCUT2D eigenvalue weighted by Gasteiger charge is -2.16. The lowest BCUT2D eigenvalue weighted by atomic mass is 9.95. The second-order valence-corrected chi connectivity index (χ2v) is 15.5. The number of aryl methyl sites for hydroxylation is 2. The summed E-state index contributed by atoms with van der Waals surface area (Å²) < 4.78 is 70.7. The van der Waals surface area contributed by atoms with Crippen LogP contribution < -0.4 is 14.0 Å². The van der Waals surface area contributed by atoms with Gasteiger partial charge in [-0.2, -0.15) is 9.13 Å². The molecule has 0 aliphatic carbocycles. The molecule has 11 aromatic rings. The highest BCUT2D eigenvalue weighted by atomic mass is 16.5. The summed E-state index contributed by atoms with van der Waals surface area (Å²) in [5, 5.41) is 1.42. The first kappa shape index (κ1) is 29.9. The fourth-order valence-electron chi connectivity index (χ4n) is 8.91. The molecule has 294 valence electrons. The fraction of sp³-hybridized carbons (Fsp3) is 0.0357. The topological polar surface area (TPSA) is 45.1 Å². The van der Waals surface area contributed by atoms with E-state index in [-0.39, 0.29) is 11.1 Å². The van der Waals surface area contributed by atoms with Crippen molar-refractivity contribution in [2.75, 3.05) is 0 Å². The van der Waals surface area contributed by atoms with Gasteiger partial charge < -0.3 is 9.47 Å². The number of fused-ring (bicyclic) bond motifs is 5. The monoisotopic (exact) mass is 805 g/mol. The largest absolute Gasteiger partial charge is 0.457 e. The predicted molar refractivity (Wildman–Crippen MR) is 249 cm³/mol. The molecule has 3 aliphatic rings. The Balaban J connectivity index is 1.13. The number of rotatable bonds is 1. The van der Waals surface area contributed by atoms with Crippen LogP contribution in [0, 0.1) is 13.7 Å². The van der Waals surface area contributed by atoms with Crippen LogP contribution in [0.5, 0.6) is 23.0 Å². The number of nitrogens with zero attached hydrogens (tertiary/aromatic N) is 4. The Morgan fingerprint density at radius 1 is 0.516 bits per heavy atom.